The molecule has 1 aromatic rings. The highest BCUT2D eigenvalue weighted by Gasteiger charge is 2.45. The number of hydrogen-bond donors (Lipinski definition) is 2. The average Bonchev–Trinajstić information content (AvgIpc) is 3.05. The summed E-state index contributed by atoms with van der Waals surface area (Å²) in [5.41, 5.74) is 10.0. The highest BCUT2D eigenvalue weighted by atomic mass is 16.2. The predicted octanol–water partition coefficient (Wildman–Crippen LogP) is -0.482. The molecule has 0 spiro atoms. The average molecular weight is 368 g/mol. The third kappa shape index (κ3) is 2.78. The van der Waals surface area contributed by atoms with Crippen LogP contribution in [0.4, 0.5) is 9.59 Å². The first-order chi connectivity index (χ1) is 12.7. The summed E-state index contributed by atoms with van der Waals surface area (Å²) in [5, 5.41) is 0. The van der Waals surface area contributed by atoms with Crippen LogP contribution in [0.2, 0.25) is 0 Å². The van der Waals surface area contributed by atoms with Crippen molar-refractivity contribution >= 4 is 35.7 Å². The molecular formula is C17H12N4O6. The topological polar surface area (TPSA) is 161 Å². The van der Waals surface area contributed by atoms with Gasteiger partial charge < -0.3 is 11.5 Å². The van der Waals surface area contributed by atoms with Gasteiger partial charge in [-0.15, -0.1) is 0 Å². The molecule has 27 heavy (non-hydrogen) atoms. The molecule has 2 heterocycles. The van der Waals surface area contributed by atoms with Crippen LogP contribution in [0.25, 0.3) is 0 Å². The van der Waals surface area contributed by atoms with Crippen LogP contribution in [0.15, 0.2) is 53.6 Å². The summed E-state index contributed by atoms with van der Waals surface area (Å²) in [6, 6.07) is 5.48. The Kier molecular flexibility index (Phi) is 4.16. The van der Waals surface area contributed by atoms with Gasteiger partial charge in [0.2, 0.25) is 0 Å². The van der Waals surface area contributed by atoms with Crippen LogP contribution in [-0.2, 0) is 19.2 Å². The molecule has 10 heteroatoms. The summed E-state index contributed by atoms with van der Waals surface area (Å²) in [5.74, 6) is -5.13. The lowest BCUT2D eigenvalue weighted by Crippen LogP contribution is -2.42. The molecule has 0 unspecified atom stereocenters. The van der Waals surface area contributed by atoms with E-state index in [2.05, 4.69) is 0 Å². The van der Waals surface area contributed by atoms with Crippen molar-refractivity contribution in [1.82, 2.24) is 9.80 Å². The minimum absolute atomic E-state index is 0.221. The van der Waals surface area contributed by atoms with Crippen molar-refractivity contribution in [2.45, 2.75) is 5.92 Å². The monoisotopic (exact) mass is 368 g/mol. The maximum absolute atomic E-state index is 12.5. The number of nitrogens with zero attached hydrogens (tertiary/aromatic N) is 2. The molecule has 0 aliphatic carbocycles. The van der Waals surface area contributed by atoms with Gasteiger partial charge in [0.25, 0.3) is 23.6 Å². The first kappa shape index (κ1) is 17.7. The highest BCUT2D eigenvalue weighted by Crippen LogP contribution is 2.38. The van der Waals surface area contributed by atoms with Gasteiger partial charge in [0.15, 0.2) is 0 Å². The van der Waals surface area contributed by atoms with Crippen LogP contribution >= 0.6 is 0 Å². The van der Waals surface area contributed by atoms with E-state index in [1.165, 1.54) is 0 Å². The molecule has 4 N–H and O–H groups in total. The summed E-state index contributed by atoms with van der Waals surface area (Å²) < 4.78 is 0. The Morgan fingerprint density at radius 2 is 1.15 bits per heavy atom. The van der Waals surface area contributed by atoms with E-state index in [0.29, 0.717) is 5.56 Å². The van der Waals surface area contributed by atoms with E-state index in [-0.39, 0.29) is 20.9 Å². The number of primary amides is 2. The van der Waals surface area contributed by atoms with Gasteiger partial charge in [0, 0.05) is 29.2 Å². The minimum atomic E-state index is -1.27. The lowest BCUT2D eigenvalue weighted by molar-refractivity contribution is -0.134. The molecule has 0 atom stereocenters. The second-order valence-corrected chi connectivity index (χ2v) is 5.68. The lowest BCUT2D eigenvalue weighted by atomic mass is 9.84. The van der Waals surface area contributed by atoms with Crippen molar-refractivity contribution in [2.75, 3.05) is 0 Å². The third-order valence-electron chi connectivity index (χ3n) is 4.09. The molecule has 136 valence electrons. The smallest absolute Gasteiger partial charge is 0.328 e. The maximum atomic E-state index is 12.5. The van der Waals surface area contributed by atoms with Gasteiger partial charge in [-0.2, -0.15) is 9.80 Å². The molecule has 3 rings (SSSR count). The van der Waals surface area contributed by atoms with Crippen LogP contribution in [0.3, 0.4) is 0 Å². The molecule has 0 radical (unpaired) electrons. The number of nitrogens with two attached hydrogens (primary N) is 2. The van der Waals surface area contributed by atoms with Gasteiger partial charge in [-0.05, 0) is 5.56 Å². The van der Waals surface area contributed by atoms with Crippen molar-refractivity contribution in [1.29, 1.82) is 0 Å². The normalized spacial score (nSPS) is 16.9. The molecule has 2 aliphatic rings. The fourth-order valence-electron chi connectivity index (χ4n) is 2.98. The Morgan fingerprint density at radius 3 is 1.48 bits per heavy atom. The van der Waals surface area contributed by atoms with Crippen LogP contribution in [0.5, 0.6) is 0 Å². The molecule has 2 aliphatic heterocycles. The van der Waals surface area contributed by atoms with E-state index in [4.69, 9.17) is 11.5 Å². The highest BCUT2D eigenvalue weighted by molar-refractivity contribution is 6.28. The van der Waals surface area contributed by atoms with Crippen LogP contribution in [-0.4, -0.2) is 45.5 Å². The van der Waals surface area contributed by atoms with Crippen molar-refractivity contribution in [3.05, 3.63) is 59.2 Å². The number of benzene rings is 1. The Bertz CT molecular complexity index is 918. The molecule has 0 aromatic heterocycles. The van der Waals surface area contributed by atoms with Gasteiger partial charge in [0.1, 0.15) is 0 Å². The second-order valence-electron chi connectivity index (χ2n) is 5.68. The van der Waals surface area contributed by atoms with Crippen molar-refractivity contribution < 1.29 is 28.8 Å². The van der Waals surface area contributed by atoms with E-state index in [0.717, 1.165) is 12.2 Å². The van der Waals surface area contributed by atoms with Gasteiger partial charge in [-0.25, -0.2) is 9.59 Å². The van der Waals surface area contributed by atoms with Gasteiger partial charge in [-0.3, -0.25) is 19.2 Å². The van der Waals surface area contributed by atoms with Gasteiger partial charge in [-0.1, -0.05) is 30.3 Å². The van der Waals surface area contributed by atoms with E-state index in [1.807, 2.05) is 0 Å². The number of carbonyl (C=O) groups excluding carboxylic acids is 6. The summed E-state index contributed by atoms with van der Waals surface area (Å²) in [6.07, 6.45) is 1.74. The number of carbonyl (C=O) groups is 6. The van der Waals surface area contributed by atoms with Crippen LogP contribution < -0.4 is 11.5 Å². The molecule has 8 amide bonds. The van der Waals surface area contributed by atoms with E-state index in [1.54, 1.807) is 30.3 Å². The number of imide groups is 6. The zero-order chi connectivity index (χ0) is 19.9. The standard InChI is InChI=1S/C17H12N4O6/c18-16(26)20-11(22)6-9(14(20)24)13(8-4-2-1-3-5-8)10-7-12(23)21(15(10)25)17(19)27/h1-7,13H,(H2,18,26)(H2,19,27). The Labute approximate surface area is 151 Å². The molecule has 0 bridgehead atoms. The zero-order valence-electron chi connectivity index (χ0n) is 13.6. The molecular weight excluding hydrogens is 356 g/mol. The summed E-state index contributed by atoms with van der Waals surface area (Å²) in [6.45, 7) is 0. The maximum Gasteiger partial charge on any atom is 0.328 e. The summed E-state index contributed by atoms with van der Waals surface area (Å²) in [7, 11) is 0. The molecule has 1 aromatic carbocycles. The van der Waals surface area contributed by atoms with E-state index >= 15 is 0 Å². The van der Waals surface area contributed by atoms with E-state index < -0.39 is 41.6 Å². The summed E-state index contributed by atoms with van der Waals surface area (Å²) in [4.78, 5) is 72.2. The lowest BCUT2D eigenvalue weighted by Gasteiger charge is -2.20. The van der Waals surface area contributed by atoms with Crippen molar-refractivity contribution in [3.8, 4) is 0 Å². The number of hydrogen-bond acceptors (Lipinski definition) is 6. The fourth-order valence-corrected chi connectivity index (χ4v) is 2.98. The Hall–Kier alpha value is -4.08. The van der Waals surface area contributed by atoms with Crippen LogP contribution in [0.1, 0.15) is 11.5 Å². The predicted molar refractivity (Wildman–Crippen MR) is 88.2 cm³/mol. The second kappa shape index (κ2) is 6.33. The fraction of sp³-hybridized carbons (Fsp3) is 0.0588. The quantitative estimate of drug-likeness (QED) is 0.685. The first-order valence-electron chi connectivity index (χ1n) is 7.58. The number of amides is 8. The minimum Gasteiger partial charge on any atom is -0.351 e. The van der Waals surface area contributed by atoms with Gasteiger partial charge >= 0.3 is 12.1 Å². The van der Waals surface area contributed by atoms with Crippen molar-refractivity contribution in [3.63, 3.8) is 0 Å². The van der Waals surface area contributed by atoms with E-state index in [9.17, 15) is 28.8 Å². The molecule has 0 saturated carbocycles. The Morgan fingerprint density at radius 1 is 0.741 bits per heavy atom. The van der Waals surface area contributed by atoms with Gasteiger partial charge in [0.05, 0.1) is 0 Å². The van der Waals surface area contributed by atoms with Crippen molar-refractivity contribution in [2.24, 2.45) is 11.5 Å². The molecule has 0 saturated heterocycles. The SMILES string of the molecule is NC(=O)N1C(=O)C=C(C(C2=CC(=O)N(C(N)=O)C2=O)c2ccccc2)C1=O. The Balaban J connectivity index is 2.13. The third-order valence-corrected chi connectivity index (χ3v) is 4.09. The first-order valence-corrected chi connectivity index (χ1v) is 7.58. The largest absolute Gasteiger partial charge is 0.351 e. The number of rotatable bonds is 3. The van der Waals surface area contributed by atoms with Crippen LogP contribution in [0, 0.1) is 0 Å². The zero-order valence-corrected chi connectivity index (χ0v) is 13.6. The summed E-state index contributed by atoms with van der Waals surface area (Å²) >= 11 is 0. The molecule has 0 fully saturated rings. The number of urea groups is 2. The molecule has 10 nitrogen and oxygen atoms in total.